The molecule has 0 radical (unpaired) electrons. The zero-order valence-corrected chi connectivity index (χ0v) is 10.1. The van der Waals surface area contributed by atoms with Crippen molar-refractivity contribution < 1.29 is 5.11 Å². The topological polar surface area (TPSA) is 44.0 Å². The summed E-state index contributed by atoms with van der Waals surface area (Å²) < 4.78 is 0. The minimum absolute atomic E-state index is 0.0842. The van der Waals surface area contributed by atoms with E-state index in [9.17, 15) is 5.11 Å². The summed E-state index contributed by atoms with van der Waals surface area (Å²) in [6, 6.07) is 11.8. The minimum atomic E-state index is 0.0842. The third-order valence-electron chi connectivity index (χ3n) is 2.30. The molecule has 2 aromatic rings. The molecule has 0 fully saturated rings. The Morgan fingerprint density at radius 1 is 1.00 bits per heavy atom. The van der Waals surface area contributed by atoms with Gasteiger partial charge in [0.15, 0.2) is 0 Å². The Kier molecular flexibility index (Phi) is 3.23. The van der Waals surface area contributed by atoms with Gasteiger partial charge in [-0.1, -0.05) is 29.3 Å². The molecule has 0 amide bonds. The minimum Gasteiger partial charge on any atom is -0.508 e. The van der Waals surface area contributed by atoms with E-state index in [0.717, 1.165) is 11.1 Å². The summed E-state index contributed by atoms with van der Waals surface area (Å²) in [5.41, 5.74) is 1.91. The number of nitriles is 1. The van der Waals surface area contributed by atoms with Crippen LogP contribution in [0.25, 0.3) is 11.1 Å². The predicted octanol–water partition coefficient (Wildman–Crippen LogP) is 4.24. The number of halogens is 2. The van der Waals surface area contributed by atoms with E-state index in [-0.39, 0.29) is 5.75 Å². The Morgan fingerprint density at radius 2 is 1.76 bits per heavy atom. The number of aromatic hydroxyl groups is 1. The molecule has 0 unspecified atom stereocenters. The summed E-state index contributed by atoms with van der Waals surface area (Å²) >= 11 is 11.7. The van der Waals surface area contributed by atoms with Crippen molar-refractivity contribution in [3.63, 3.8) is 0 Å². The van der Waals surface area contributed by atoms with Crippen molar-refractivity contribution in [1.29, 1.82) is 5.26 Å². The summed E-state index contributed by atoms with van der Waals surface area (Å²) in [6.07, 6.45) is 0. The Hall–Kier alpha value is -1.69. The van der Waals surface area contributed by atoms with E-state index in [1.165, 1.54) is 6.07 Å². The summed E-state index contributed by atoms with van der Waals surface area (Å²) in [7, 11) is 0. The molecule has 0 atom stereocenters. The first-order valence-corrected chi connectivity index (χ1v) is 5.55. The Balaban J connectivity index is 2.57. The highest BCUT2D eigenvalue weighted by molar-refractivity contribution is 6.32. The summed E-state index contributed by atoms with van der Waals surface area (Å²) in [5.74, 6) is 0.0842. The maximum absolute atomic E-state index is 9.46. The molecule has 2 aromatic carbocycles. The van der Waals surface area contributed by atoms with Crippen LogP contribution in [0.3, 0.4) is 0 Å². The van der Waals surface area contributed by atoms with Crippen LogP contribution >= 0.6 is 23.2 Å². The van der Waals surface area contributed by atoms with Crippen molar-refractivity contribution in [2.45, 2.75) is 0 Å². The van der Waals surface area contributed by atoms with Crippen LogP contribution in [0.1, 0.15) is 5.56 Å². The second-order valence-electron chi connectivity index (χ2n) is 3.50. The van der Waals surface area contributed by atoms with Crippen molar-refractivity contribution >= 4 is 23.2 Å². The lowest BCUT2D eigenvalue weighted by molar-refractivity contribution is 0.475. The van der Waals surface area contributed by atoms with Gasteiger partial charge < -0.3 is 5.11 Å². The fourth-order valence-corrected chi connectivity index (χ4v) is 1.92. The first-order valence-electron chi connectivity index (χ1n) is 4.80. The lowest BCUT2D eigenvalue weighted by Gasteiger charge is -2.05. The molecule has 2 rings (SSSR count). The third kappa shape index (κ3) is 2.52. The van der Waals surface area contributed by atoms with Gasteiger partial charge in [-0.2, -0.15) is 5.26 Å². The van der Waals surface area contributed by atoms with Gasteiger partial charge in [0, 0.05) is 5.02 Å². The SMILES string of the molecule is N#Cc1cc(-c2cc(O)cc(Cl)c2)ccc1Cl. The highest BCUT2D eigenvalue weighted by Gasteiger charge is 2.05. The second-order valence-corrected chi connectivity index (χ2v) is 4.35. The molecule has 1 N–H and O–H groups in total. The molecule has 4 heteroatoms. The van der Waals surface area contributed by atoms with Crippen molar-refractivity contribution in [2.75, 3.05) is 0 Å². The first kappa shape index (κ1) is 11.8. The van der Waals surface area contributed by atoms with Gasteiger partial charge in [-0.3, -0.25) is 0 Å². The summed E-state index contributed by atoms with van der Waals surface area (Å²) in [6.45, 7) is 0. The van der Waals surface area contributed by atoms with E-state index in [0.29, 0.717) is 15.6 Å². The molecule has 84 valence electrons. The zero-order chi connectivity index (χ0) is 12.4. The van der Waals surface area contributed by atoms with Crippen molar-refractivity contribution in [1.82, 2.24) is 0 Å². The highest BCUT2D eigenvalue weighted by Crippen LogP contribution is 2.30. The van der Waals surface area contributed by atoms with Gasteiger partial charge in [0.2, 0.25) is 0 Å². The Bertz CT molecular complexity index is 597. The molecule has 0 aliphatic heterocycles. The van der Waals surface area contributed by atoms with Crippen molar-refractivity contribution in [2.24, 2.45) is 0 Å². The van der Waals surface area contributed by atoms with Gasteiger partial charge in [0.1, 0.15) is 11.8 Å². The highest BCUT2D eigenvalue weighted by atomic mass is 35.5. The van der Waals surface area contributed by atoms with Crippen LogP contribution in [-0.4, -0.2) is 5.11 Å². The van der Waals surface area contributed by atoms with E-state index in [2.05, 4.69) is 0 Å². The molecule has 2 nitrogen and oxygen atoms in total. The lowest BCUT2D eigenvalue weighted by Crippen LogP contribution is -1.82. The van der Waals surface area contributed by atoms with Crippen LogP contribution in [0.4, 0.5) is 0 Å². The maximum Gasteiger partial charge on any atom is 0.117 e. The van der Waals surface area contributed by atoms with Crippen molar-refractivity contribution in [3.05, 3.63) is 52.0 Å². The van der Waals surface area contributed by atoms with Crippen molar-refractivity contribution in [3.8, 4) is 22.9 Å². The van der Waals surface area contributed by atoms with Gasteiger partial charge in [0.05, 0.1) is 10.6 Å². The van der Waals surface area contributed by atoms with Crippen LogP contribution in [0.2, 0.25) is 10.0 Å². The molecule has 0 bridgehead atoms. The average molecular weight is 264 g/mol. The number of nitrogens with zero attached hydrogens (tertiary/aromatic N) is 1. The molecule has 0 saturated carbocycles. The van der Waals surface area contributed by atoms with Gasteiger partial charge in [-0.15, -0.1) is 0 Å². The number of phenolic OH excluding ortho intramolecular Hbond substituents is 1. The average Bonchev–Trinajstić information content (AvgIpc) is 2.28. The van der Waals surface area contributed by atoms with E-state index >= 15 is 0 Å². The number of phenols is 1. The fraction of sp³-hybridized carbons (Fsp3) is 0. The molecule has 17 heavy (non-hydrogen) atoms. The van der Waals surface area contributed by atoms with E-state index in [4.69, 9.17) is 28.5 Å². The third-order valence-corrected chi connectivity index (χ3v) is 2.85. The van der Waals surface area contributed by atoms with E-state index in [1.807, 2.05) is 6.07 Å². The standard InChI is InChI=1S/C13H7Cl2NO/c14-11-4-9(5-12(17)6-11)8-1-2-13(15)10(3-8)7-16/h1-6,17H. The molecular formula is C13H7Cl2NO. The number of rotatable bonds is 1. The summed E-state index contributed by atoms with van der Waals surface area (Å²) in [5, 5.41) is 19.2. The predicted molar refractivity (Wildman–Crippen MR) is 68.3 cm³/mol. The van der Waals surface area contributed by atoms with E-state index in [1.54, 1.807) is 30.3 Å². The molecule has 0 aliphatic carbocycles. The quantitative estimate of drug-likeness (QED) is 0.837. The van der Waals surface area contributed by atoms with Gasteiger partial charge in [-0.05, 0) is 41.5 Å². The summed E-state index contributed by atoms with van der Waals surface area (Å²) in [4.78, 5) is 0. The molecule has 0 aliphatic rings. The van der Waals surface area contributed by atoms with Crippen LogP contribution in [0, 0.1) is 11.3 Å². The monoisotopic (exact) mass is 263 g/mol. The number of benzene rings is 2. The van der Waals surface area contributed by atoms with Gasteiger partial charge in [0.25, 0.3) is 0 Å². The molecule has 0 aromatic heterocycles. The van der Waals surface area contributed by atoms with E-state index < -0.39 is 0 Å². The fourth-order valence-electron chi connectivity index (χ4n) is 1.53. The largest absolute Gasteiger partial charge is 0.508 e. The smallest absolute Gasteiger partial charge is 0.117 e. The molecule has 0 heterocycles. The van der Waals surface area contributed by atoms with Gasteiger partial charge in [-0.25, -0.2) is 0 Å². The number of hydrogen-bond donors (Lipinski definition) is 1. The number of hydrogen-bond acceptors (Lipinski definition) is 2. The molecule has 0 saturated heterocycles. The zero-order valence-electron chi connectivity index (χ0n) is 8.61. The lowest BCUT2D eigenvalue weighted by atomic mass is 10.0. The van der Waals surface area contributed by atoms with Crippen LogP contribution in [-0.2, 0) is 0 Å². The Morgan fingerprint density at radius 3 is 2.41 bits per heavy atom. The first-order chi connectivity index (χ1) is 8.10. The van der Waals surface area contributed by atoms with Crippen LogP contribution < -0.4 is 0 Å². The maximum atomic E-state index is 9.46. The van der Waals surface area contributed by atoms with Gasteiger partial charge >= 0.3 is 0 Å². The Labute approximate surface area is 109 Å². The second kappa shape index (κ2) is 4.67. The molecule has 0 spiro atoms. The normalized spacial score (nSPS) is 9.94. The molecular weight excluding hydrogens is 257 g/mol. The van der Waals surface area contributed by atoms with Crippen LogP contribution in [0.5, 0.6) is 5.75 Å². The van der Waals surface area contributed by atoms with Crippen LogP contribution in [0.15, 0.2) is 36.4 Å².